The van der Waals surface area contributed by atoms with Crippen LogP contribution in [0, 0.1) is 0 Å². The molecule has 1 fully saturated rings. The highest BCUT2D eigenvalue weighted by molar-refractivity contribution is 9.11. The summed E-state index contributed by atoms with van der Waals surface area (Å²) in [5.74, 6) is 0.271. The van der Waals surface area contributed by atoms with E-state index in [1.54, 1.807) is 11.3 Å². The molecule has 0 amide bonds. The van der Waals surface area contributed by atoms with Crippen LogP contribution in [-0.4, -0.2) is 18.1 Å². The summed E-state index contributed by atoms with van der Waals surface area (Å²) in [5.41, 5.74) is 2.85. The molecule has 0 atom stereocenters. The molecule has 1 aromatic carbocycles. The van der Waals surface area contributed by atoms with Crippen molar-refractivity contribution in [2.45, 2.75) is 25.2 Å². The first kappa shape index (κ1) is 12.1. The van der Waals surface area contributed by atoms with Gasteiger partial charge >= 0.3 is 5.97 Å². The van der Waals surface area contributed by atoms with E-state index in [1.165, 1.54) is 31.9 Å². The van der Waals surface area contributed by atoms with Gasteiger partial charge in [0.2, 0.25) is 0 Å². The molecule has 18 heavy (non-hydrogen) atoms. The van der Waals surface area contributed by atoms with E-state index in [4.69, 9.17) is 4.74 Å². The molecule has 5 heteroatoms. The highest BCUT2D eigenvalue weighted by Crippen LogP contribution is 2.41. The van der Waals surface area contributed by atoms with Crippen molar-refractivity contribution in [1.82, 2.24) is 4.98 Å². The van der Waals surface area contributed by atoms with Crippen molar-refractivity contribution in [2.24, 2.45) is 0 Å². The molecular weight excluding hydrogens is 314 g/mol. The molecule has 94 valence electrons. The lowest BCUT2D eigenvalue weighted by atomic mass is 9.79. The number of esters is 1. The fraction of sp³-hybridized carbons (Fsp3) is 0.385. The second kappa shape index (κ2) is 4.63. The molecule has 3 nitrogen and oxygen atoms in total. The summed E-state index contributed by atoms with van der Waals surface area (Å²) in [4.78, 5) is 16.2. The molecule has 1 heterocycles. The standard InChI is InChI=1S/C13H12BrNO2S/c1-17-12(16)8-5-9(7-3-2-4-7)11-10(6-8)18-13(14)15-11/h5-7H,2-4H2,1H3. The molecule has 1 aromatic heterocycles. The number of fused-ring (bicyclic) bond motifs is 1. The molecule has 0 bridgehead atoms. The Labute approximate surface area is 117 Å². The fourth-order valence-electron chi connectivity index (χ4n) is 2.29. The molecule has 0 unspecified atom stereocenters. The van der Waals surface area contributed by atoms with Gasteiger partial charge in [0.1, 0.15) is 0 Å². The zero-order chi connectivity index (χ0) is 12.7. The third-order valence-corrected chi connectivity index (χ3v) is 4.92. The number of rotatable bonds is 2. The van der Waals surface area contributed by atoms with Crippen LogP contribution in [-0.2, 0) is 4.74 Å². The number of carbonyl (C=O) groups excluding carboxylic acids is 1. The van der Waals surface area contributed by atoms with Gasteiger partial charge in [-0.1, -0.05) is 6.42 Å². The summed E-state index contributed by atoms with van der Waals surface area (Å²) >= 11 is 4.98. The number of nitrogens with zero attached hydrogens (tertiary/aromatic N) is 1. The van der Waals surface area contributed by atoms with Crippen LogP contribution in [0.4, 0.5) is 0 Å². The highest BCUT2D eigenvalue weighted by atomic mass is 79.9. The minimum absolute atomic E-state index is 0.276. The Hall–Kier alpha value is -0.940. The van der Waals surface area contributed by atoms with Crippen LogP contribution in [0.3, 0.4) is 0 Å². The second-order valence-electron chi connectivity index (χ2n) is 4.50. The molecule has 1 aliphatic carbocycles. The summed E-state index contributed by atoms with van der Waals surface area (Å²) in [7, 11) is 1.41. The maximum atomic E-state index is 11.7. The molecule has 0 radical (unpaired) electrons. The van der Waals surface area contributed by atoms with E-state index in [2.05, 4.69) is 20.9 Å². The van der Waals surface area contributed by atoms with Gasteiger partial charge in [0.15, 0.2) is 3.92 Å². The minimum atomic E-state index is -0.276. The Morgan fingerprint density at radius 2 is 2.28 bits per heavy atom. The molecule has 1 saturated carbocycles. The molecule has 2 aromatic rings. The quantitative estimate of drug-likeness (QED) is 0.780. The van der Waals surface area contributed by atoms with Crippen LogP contribution in [0.1, 0.15) is 41.1 Å². The van der Waals surface area contributed by atoms with Crippen LogP contribution in [0.25, 0.3) is 10.2 Å². The Bertz CT molecular complexity index is 619. The third-order valence-electron chi connectivity index (χ3n) is 3.46. The van der Waals surface area contributed by atoms with E-state index in [-0.39, 0.29) is 5.97 Å². The van der Waals surface area contributed by atoms with E-state index in [9.17, 15) is 4.79 Å². The van der Waals surface area contributed by atoms with E-state index in [0.717, 1.165) is 14.1 Å². The van der Waals surface area contributed by atoms with Crippen molar-refractivity contribution in [2.75, 3.05) is 7.11 Å². The molecule has 0 aliphatic heterocycles. The number of benzene rings is 1. The zero-order valence-electron chi connectivity index (χ0n) is 9.90. The Morgan fingerprint density at radius 3 is 2.89 bits per heavy atom. The van der Waals surface area contributed by atoms with Crippen molar-refractivity contribution < 1.29 is 9.53 Å². The lowest BCUT2D eigenvalue weighted by Gasteiger charge is -2.26. The first-order valence-corrected chi connectivity index (χ1v) is 7.48. The highest BCUT2D eigenvalue weighted by Gasteiger charge is 2.24. The fourth-order valence-corrected chi connectivity index (χ4v) is 3.76. The molecule has 3 rings (SSSR count). The predicted octanol–water partition coefficient (Wildman–Crippen LogP) is 4.11. The number of hydrogen-bond acceptors (Lipinski definition) is 4. The average Bonchev–Trinajstić information content (AvgIpc) is 2.66. The molecular formula is C13H12BrNO2S. The van der Waals surface area contributed by atoms with E-state index >= 15 is 0 Å². The van der Waals surface area contributed by atoms with Gasteiger partial charge in [-0.2, -0.15) is 0 Å². The number of aromatic nitrogens is 1. The summed E-state index contributed by atoms with van der Waals surface area (Å²) in [6, 6.07) is 3.82. The smallest absolute Gasteiger partial charge is 0.337 e. The largest absolute Gasteiger partial charge is 0.465 e. The summed E-state index contributed by atoms with van der Waals surface area (Å²) in [6.45, 7) is 0. The maximum absolute atomic E-state index is 11.7. The first-order valence-electron chi connectivity index (χ1n) is 5.87. The number of methoxy groups -OCH3 is 1. The summed E-state index contributed by atoms with van der Waals surface area (Å²) in [6.07, 6.45) is 3.64. The lowest BCUT2D eigenvalue weighted by Crippen LogP contribution is -2.11. The first-order chi connectivity index (χ1) is 8.69. The van der Waals surface area contributed by atoms with E-state index < -0.39 is 0 Å². The van der Waals surface area contributed by atoms with Crippen molar-refractivity contribution in [3.63, 3.8) is 0 Å². The van der Waals surface area contributed by atoms with Crippen LogP contribution in [0.15, 0.2) is 16.0 Å². The number of halogens is 1. The van der Waals surface area contributed by atoms with Crippen molar-refractivity contribution in [3.05, 3.63) is 27.2 Å². The lowest BCUT2D eigenvalue weighted by molar-refractivity contribution is 0.0601. The molecule has 0 saturated heterocycles. The van der Waals surface area contributed by atoms with Gasteiger partial charge in [0, 0.05) is 0 Å². The van der Waals surface area contributed by atoms with Gasteiger partial charge in [0.25, 0.3) is 0 Å². The van der Waals surface area contributed by atoms with Crippen molar-refractivity contribution in [1.29, 1.82) is 0 Å². The minimum Gasteiger partial charge on any atom is -0.465 e. The summed E-state index contributed by atoms with van der Waals surface area (Å²) < 4.78 is 6.72. The third kappa shape index (κ3) is 1.95. The van der Waals surface area contributed by atoms with Crippen molar-refractivity contribution in [3.8, 4) is 0 Å². The van der Waals surface area contributed by atoms with Gasteiger partial charge in [-0.15, -0.1) is 11.3 Å². The molecule has 0 spiro atoms. The van der Waals surface area contributed by atoms with Gasteiger partial charge in [0.05, 0.1) is 22.9 Å². The van der Waals surface area contributed by atoms with Gasteiger partial charge in [-0.25, -0.2) is 9.78 Å². The monoisotopic (exact) mass is 325 g/mol. The Balaban J connectivity index is 2.19. The Morgan fingerprint density at radius 1 is 1.50 bits per heavy atom. The van der Waals surface area contributed by atoms with Gasteiger partial charge < -0.3 is 4.74 Å². The Kier molecular flexibility index (Phi) is 3.11. The topological polar surface area (TPSA) is 39.2 Å². The SMILES string of the molecule is COC(=O)c1cc(C2CCC2)c2nc(Br)sc2c1. The normalized spacial score (nSPS) is 15.7. The maximum Gasteiger partial charge on any atom is 0.337 e. The van der Waals surface area contributed by atoms with Crippen LogP contribution >= 0.6 is 27.3 Å². The van der Waals surface area contributed by atoms with Gasteiger partial charge in [-0.3, -0.25) is 0 Å². The summed E-state index contributed by atoms with van der Waals surface area (Å²) in [5, 5.41) is 0. The van der Waals surface area contributed by atoms with Crippen LogP contribution < -0.4 is 0 Å². The van der Waals surface area contributed by atoms with Crippen molar-refractivity contribution >= 4 is 43.5 Å². The van der Waals surface area contributed by atoms with Gasteiger partial charge in [-0.05, 0) is 52.4 Å². The number of hydrogen-bond donors (Lipinski definition) is 0. The van der Waals surface area contributed by atoms with Crippen LogP contribution in [0.5, 0.6) is 0 Å². The van der Waals surface area contributed by atoms with Crippen LogP contribution in [0.2, 0.25) is 0 Å². The van der Waals surface area contributed by atoms with E-state index in [0.29, 0.717) is 11.5 Å². The number of thiazole rings is 1. The molecule has 0 N–H and O–H groups in total. The zero-order valence-corrected chi connectivity index (χ0v) is 12.3. The van der Waals surface area contributed by atoms with E-state index in [1.807, 2.05) is 12.1 Å². The number of ether oxygens (including phenoxy) is 1. The predicted molar refractivity (Wildman–Crippen MR) is 75.3 cm³/mol. The second-order valence-corrected chi connectivity index (χ2v) is 6.81. The molecule has 1 aliphatic rings. The number of carbonyl (C=O) groups is 1. The average molecular weight is 326 g/mol.